The molecule has 3 aromatic rings. The molecular weight excluding hydrogens is 349 g/mol. The van der Waals surface area contributed by atoms with E-state index in [2.05, 4.69) is 22.2 Å². The fraction of sp³-hybridized carbons (Fsp3) is 0.294. The van der Waals surface area contributed by atoms with Crippen LogP contribution in [0.25, 0.3) is 10.2 Å². The molecule has 0 spiro atoms. The molecule has 0 radical (unpaired) electrons. The molecule has 3 nitrogen and oxygen atoms in total. The highest BCUT2D eigenvalue weighted by atomic mass is 35.5. The Labute approximate surface area is 148 Å². The molecule has 6 heteroatoms. The fourth-order valence-corrected chi connectivity index (χ4v) is 4.89. The number of anilines is 2. The van der Waals surface area contributed by atoms with Crippen LogP contribution in [0.4, 0.5) is 11.5 Å². The van der Waals surface area contributed by atoms with Gasteiger partial charge in [-0.1, -0.05) is 30.1 Å². The van der Waals surface area contributed by atoms with Gasteiger partial charge in [0.1, 0.15) is 17.0 Å². The second-order valence-corrected chi connectivity index (χ2v) is 7.93. The Morgan fingerprint density at radius 2 is 2.13 bits per heavy atom. The Bertz CT molecular complexity index is 891. The Morgan fingerprint density at radius 3 is 2.96 bits per heavy atom. The Hall–Kier alpha value is -1.36. The lowest BCUT2D eigenvalue weighted by atomic mass is 9.89. The van der Waals surface area contributed by atoms with Crippen LogP contribution in [0.1, 0.15) is 23.8 Å². The zero-order chi connectivity index (χ0) is 16.0. The molecule has 0 fully saturated rings. The monoisotopic (exact) mass is 363 g/mol. The van der Waals surface area contributed by atoms with Gasteiger partial charge in [0.05, 0.1) is 16.1 Å². The molecule has 0 bridgehead atoms. The summed E-state index contributed by atoms with van der Waals surface area (Å²) in [6, 6.07) is 5.42. The van der Waals surface area contributed by atoms with E-state index in [0.717, 1.165) is 40.5 Å². The van der Waals surface area contributed by atoms with Crippen molar-refractivity contribution >= 4 is 56.3 Å². The number of fused-ring (bicyclic) bond motifs is 3. The lowest BCUT2D eigenvalue weighted by Crippen LogP contribution is -2.09. The van der Waals surface area contributed by atoms with E-state index in [1.807, 2.05) is 12.1 Å². The molecule has 2 aromatic heterocycles. The van der Waals surface area contributed by atoms with E-state index < -0.39 is 0 Å². The molecular formula is C17H15Cl2N3S. The van der Waals surface area contributed by atoms with Crippen molar-refractivity contribution in [1.82, 2.24) is 9.97 Å². The molecule has 1 atom stereocenters. The van der Waals surface area contributed by atoms with Gasteiger partial charge in [-0.2, -0.15) is 0 Å². The summed E-state index contributed by atoms with van der Waals surface area (Å²) < 4.78 is 0. The normalized spacial score (nSPS) is 17.3. The average Bonchev–Trinajstić information content (AvgIpc) is 2.88. The fourth-order valence-electron chi connectivity index (χ4n) is 3.09. The van der Waals surface area contributed by atoms with Gasteiger partial charge in [0, 0.05) is 9.90 Å². The summed E-state index contributed by atoms with van der Waals surface area (Å²) in [7, 11) is 0. The van der Waals surface area contributed by atoms with E-state index in [4.69, 9.17) is 23.2 Å². The van der Waals surface area contributed by atoms with Crippen LogP contribution in [0, 0.1) is 5.92 Å². The third kappa shape index (κ3) is 2.80. The number of nitrogens with one attached hydrogen (secondary N) is 1. The molecule has 1 unspecified atom stereocenters. The van der Waals surface area contributed by atoms with Crippen LogP contribution in [0.5, 0.6) is 0 Å². The predicted octanol–water partition coefficient (Wildman–Crippen LogP) is 5.87. The molecule has 0 saturated heterocycles. The highest BCUT2D eigenvalue weighted by molar-refractivity contribution is 7.19. The van der Waals surface area contributed by atoms with Gasteiger partial charge in [0.25, 0.3) is 0 Å². The first-order valence-electron chi connectivity index (χ1n) is 7.59. The first kappa shape index (κ1) is 15.2. The number of aromatic nitrogens is 2. The van der Waals surface area contributed by atoms with E-state index in [9.17, 15) is 0 Å². The van der Waals surface area contributed by atoms with Crippen molar-refractivity contribution in [2.75, 3.05) is 5.32 Å². The molecule has 2 heterocycles. The molecule has 0 saturated carbocycles. The Kier molecular flexibility index (Phi) is 3.92. The van der Waals surface area contributed by atoms with Crippen molar-refractivity contribution in [2.45, 2.75) is 26.2 Å². The number of halogens is 2. The molecule has 0 amide bonds. The minimum absolute atomic E-state index is 0.585. The molecule has 1 N–H and O–H groups in total. The van der Waals surface area contributed by atoms with Crippen LogP contribution in [0.15, 0.2) is 24.5 Å². The molecule has 4 rings (SSSR count). The van der Waals surface area contributed by atoms with Gasteiger partial charge < -0.3 is 5.32 Å². The average molecular weight is 364 g/mol. The van der Waals surface area contributed by atoms with Crippen molar-refractivity contribution in [3.05, 3.63) is 45.0 Å². The van der Waals surface area contributed by atoms with E-state index in [1.54, 1.807) is 23.7 Å². The maximum absolute atomic E-state index is 6.28. The number of aryl methyl sites for hydroxylation is 1. The standard InChI is InChI=1S/C17H15Cl2N3S/c1-9-2-4-11-14(6-9)23-17-15(11)16(20-8-21-17)22-13-5-3-10(18)7-12(13)19/h3,5,7-9H,2,4,6H2,1H3,(H,20,21,22). The van der Waals surface area contributed by atoms with E-state index in [-0.39, 0.29) is 0 Å². The predicted molar refractivity (Wildman–Crippen MR) is 98.3 cm³/mol. The molecule has 1 aromatic carbocycles. The van der Waals surface area contributed by atoms with Crippen molar-refractivity contribution < 1.29 is 0 Å². The molecule has 1 aliphatic carbocycles. The van der Waals surface area contributed by atoms with Gasteiger partial charge in [0.2, 0.25) is 0 Å². The zero-order valence-corrected chi connectivity index (χ0v) is 14.9. The summed E-state index contributed by atoms with van der Waals surface area (Å²) in [4.78, 5) is 11.4. The van der Waals surface area contributed by atoms with Gasteiger partial charge in [-0.25, -0.2) is 9.97 Å². The topological polar surface area (TPSA) is 37.8 Å². The number of thiophene rings is 1. The summed E-state index contributed by atoms with van der Waals surface area (Å²) in [5, 5.41) is 5.70. The zero-order valence-electron chi connectivity index (χ0n) is 12.6. The number of nitrogens with zero attached hydrogens (tertiary/aromatic N) is 2. The first-order chi connectivity index (χ1) is 11.1. The highest BCUT2D eigenvalue weighted by Gasteiger charge is 2.23. The van der Waals surface area contributed by atoms with Gasteiger partial charge in [-0.15, -0.1) is 11.3 Å². The number of benzene rings is 1. The van der Waals surface area contributed by atoms with Crippen LogP contribution < -0.4 is 5.32 Å². The van der Waals surface area contributed by atoms with Crippen molar-refractivity contribution in [2.24, 2.45) is 5.92 Å². The SMILES string of the molecule is CC1CCc2c(sc3ncnc(Nc4ccc(Cl)cc4Cl)c23)C1. The summed E-state index contributed by atoms with van der Waals surface area (Å²) in [6.45, 7) is 2.31. The quantitative estimate of drug-likeness (QED) is 0.618. The Balaban J connectivity index is 1.81. The smallest absolute Gasteiger partial charge is 0.142 e. The van der Waals surface area contributed by atoms with E-state index in [0.29, 0.717) is 10.0 Å². The maximum atomic E-state index is 6.28. The summed E-state index contributed by atoms with van der Waals surface area (Å²) in [5.41, 5.74) is 2.21. The molecule has 1 aliphatic rings. The summed E-state index contributed by atoms with van der Waals surface area (Å²) in [5.74, 6) is 1.57. The van der Waals surface area contributed by atoms with Gasteiger partial charge in [0.15, 0.2) is 0 Å². The highest BCUT2D eigenvalue weighted by Crippen LogP contribution is 2.40. The van der Waals surface area contributed by atoms with Gasteiger partial charge >= 0.3 is 0 Å². The number of rotatable bonds is 2. The third-order valence-corrected chi connectivity index (χ3v) is 5.99. The van der Waals surface area contributed by atoms with E-state index >= 15 is 0 Å². The van der Waals surface area contributed by atoms with Crippen LogP contribution in [0.3, 0.4) is 0 Å². The summed E-state index contributed by atoms with van der Waals surface area (Å²) >= 11 is 14.0. The van der Waals surface area contributed by atoms with Crippen molar-refractivity contribution in [1.29, 1.82) is 0 Å². The lowest BCUT2D eigenvalue weighted by molar-refractivity contribution is 0.509. The van der Waals surface area contributed by atoms with Crippen LogP contribution in [0.2, 0.25) is 10.0 Å². The minimum Gasteiger partial charge on any atom is -0.338 e. The minimum atomic E-state index is 0.585. The van der Waals surface area contributed by atoms with Gasteiger partial charge in [-0.3, -0.25) is 0 Å². The second-order valence-electron chi connectivity index (χ2n) is 6.00. The summed E-state index contributed by atoms with van der Waals surface area (Å²) in [6.07, 6.45) is 5.05. The molecule has 0 aliphatic heterocycles. The van der Waals surface area contributed by atoms with Crippen molar-refractivity contribution in [3.63, 3.8) is 0 Å². The largest absolute Gasteiger partial charge is 0.338 e. The van der Waals surface area contributed by atoms with Crippen LogP contribution in [-0.4, -0.2) is 9.97 Å². The van der Waals surface area contributed by atoms with Gasteiger partial charge in [-0.05, 0) is 48.9 Å². The lowest BCUT2D eigenvalue weighted by Gasteiger charge is -2.18. The maximum Gasteiger partial charge on any atom is 0.142 e. The molecule has 118 valence electrons. The first-order valence-corrected chi connectivity index (χ1v) is 9.16. The van der Waals surface area contributed by atoms with Crippen LogP contribution in [-0.2, 0) is 12.8 Å². The number of hydrogen-bond donors (Lipinski definition) is 1. The second kappa shape index (κ2) is 5.93. The third-order valence-electron chi connectivity index (χ3n) is 4.28. The van der Waals surface area contributed by atoms with Crippen molar-refractivity contribution in [3.8, 4) is 0 Å². The Morgan fingerprint density at radius 1 is 1.26 bits per heavy atom. The molecule has 23 heavy (non-hydrogen) atoms. The number of hydrogen-bond acceptors (Lipinski definition) is 4. The van der Waals surface area contributed by atoms with Crippen LogP contribution >= 0.6 is 34.5 Å². The van der Waals surface area contributed by atoms with E-state index in [1.165, 1.54) is 16.9 Å².